The van der Waals surface area contributed by atoms with Gasteiger partial charge in [-0.05, 0) is 36.0 Å². The van der Waals surface area contributed by atoms with Gasteiger partial charge in [0, 0.05) is 18.4 Å². The number of aromatic amines is 1. The van der Waals surface area contributed by atoms with Crippen LogP contribution in [0.15, 0.2) is 12.4 Å². The fraction of sp³-hybridized carbons (Fsp3) is 0.786. The first kappa shape index (κ1) is 11.3. The Bertz CT molecular complexity index is 391. The highest BCUT2D eigenvalue weighted by atomic mass is 15.0. The molecule has 1 aromatic rings. The van der Waals surface area contributed by atoms with Crippen molar-refractivity contribution in [2.75, 3.05) is 0 Å². The van der Waals surface area contributed by atoms with Crippen LogP contribution in [0.5, 0.6) is 0 Å². The second kappa shape index (κ2) is 3.58. The Balaban J connectivity index is 1.74. The summed E-state index contributed by atoms with van der Waals surface area (Å²) >= 11 is 0. The van der Waals surface area contributed by atoms with Gasteiger partial charge in [0.15, 0.2) is 0 Å². The van der Waals surface area contributed by atoms with Crippen molar-refractivity contribution in [1.82, 2.24) is 15.3 Å². The van der Waals surface area contributed by atoms with Gasteiger partial charge in [-0.1, -0.05) is 20.8 Å². The monoisotopic (exact) mass is 233 g/mol. The lowest BCUT2D eigenvalue weighted by Gasteiger charge is -2.43. The van der Waals surface area contributed by atoms with Crippen molar-refractivity contribution in [3.63, 3.8) is 0 Å². The average Bonchev–Trinajstić information content (AvgIpc) is 2.90. The van der Waals surface area contributed by atoms with Crippen molar-refractivity contribution in [2.45, 2.75) is 52.6 Å². The first-order valence-electron chi connectivity index (χ1n) is 6.74. The van der Waals surface area contributed by atoms with Crippen molar-refractivity contribution in [2.24, 2.45) is 16.7 Å². The van der Waals surface area contributed by atoms with Crippen LogP contribution in [0, 0.1) is 16.7 Å². The molecule has 2 bridgehead atoms. The van der Waals surface area contributed by atoms with Gasteiger partial charge in [-0.2, -0.15) is 0 Å². The van der Waals surface area contributed by atoms with Gasteiger partial charge in [0.2, 0.25) is 0 Å². The van der Waals surface area contributed by atoms with E-state index >= 15 is 0 Å². The maximum absolute atomic E-state index is 4.29. The number of nitrogens with one attached hydrogen (secondary N) is 2. The number of fused-ring (bicyclic) bond motifs is 2. The van der Waals surface area contributed by atoms with Crippen molar-refractivity contribution in [3.05, 3.63) is 18.2 Å². The van der Waals surface area contributed by atoms with E-state index < -0.39 is 0 Å². The quantitative estimate of drug-likeness (QED) is 0.842. The summed E-state index contributed by atoms with van der Waals surface area (Å²) in [5, 5.41) is 3.75. The lowest BCUT2D eigenvalue weighted by molar-refractivity contribution is 0.107. The normalized spacial score (nSPS) is 38.8. The molecule has 2 fully saturated rings. The fourth-order valence-electron chi connectivity index (χ4n) is 4.40. The Kier molecular flexibility index (Phi) is 2.37. The van der Waals surface area contributed by atoms with Crippen molar-refractivity contribution in [1.29, 1.82) is 0 Å². The maximum atomic E-state index is 4.29. The molecule has 2 aliphatic rings. The molecule has 0 aromatic carbocycles. The number of hydrogen-bond donors (Lipinski definition) is 2. The molecule has 2 aliphatic carbocycles. The smallest absolute Gasteiger partial charge is 0.120 e. The topological polar surface area (TPSA) is 40.7 Å². The lowest BCUT2D eigenvalue weighted by atomic mass is 9.68. The molecule has 3 atom stereocenters. The van der Waals surface area contributed by atoms with Gasteiger partial charge < -0.3 is 10.3 Å². The van der Waals surface area contributed by atoms with E-state index in [9.17, 15) is 0 Å². The van der Waals surface area contributed by atoms with Crippen LogP contribution in [0.1, 0.15) is 45.9 Å². The van der Waals surface area contributed by atoms with Crippen LogP contribution in [0.25, 0.3) is 0 Å². The van der Waals surface area contributed by atoms with Gasteiger partial charge in [0.05, 0.1) is 6.54 Å². The Hall–Kier alpha value is -0.830. The third-order valence-corrected chi connectivity index (χ3v) is 5.30. The summed E-state index contributed by atoms with van der Waals surface area (Å²) in [5.74, 6) is 1.95. The highest BCUT2D eigenvalue weighted by Crippen LogP contribution is 2.62. The summed E-state index contributed by atoms with van der Waals surface area (Å²) in [5.41, 5.74) is 0.931. The van der Waals surface area contributed by atoms with E-state index in [1.165, 1.54) is 19.3 Å². The van der Waals surface area contributed by atoms with Crippen LogP contribution in [0.3, 0.4) is 0 Å². The molecule has 94 valence electrons. The van der Waals surface area contributed by atoms with Crippen LogP contribution >= 0.6 is 0 Å². The molecular formula is C14H23N3. The summed E-state index contributed by atoms with van der Waals surface area (Å²) < 4.78 is 0. The van der Waals surface area contributed by atoms with Crippen LogP contribution in [0.4, 0.5) is 0 Å². The van der Waals surface area contributed by atoms with Crippen LogP contribution in [-0.2, 0) is 6.54 Å². The first-order chi connectivity index (χ1) is 8.02. The van der Waals surface area contributed by atoms with Crippen LogP contribution < -0.4 is 5.32 Å². The molecule has 17 heavy (non-hydrogen) atoms. The minimum atomic E-state index is 0.430. The van der Waals surface area contributed by atoms with Gasteiger partial charge in [0.25, 0.3) is 0 Å². The van der Waals surface area contributed by atoms with Crippen LogP contribution in [0.2, 0.25) is 0 Å². The van der Waals surface area contributed by atoms with E-state index in [2.05, 4.69) is 36.1 Å². The standard InChI is InChI=1S/C14H23N3/c1-13(2)10-4-5-14(3,8-10)12(13)17-9-11-15-6-7-16-11/h6-7,10,12,17H,4-5,8-9H2,1-3H3,(H,15,16). The maximum Gasteiger partial charge on any atom is 0.120 e. The predicted octanol–water partition coefficient (Wildman–Crippen LogP) is 2.71. The second-order valence-corrected chi connectivity index (χ2v) is 6.76. The fourth-order valence-corrected chi connectivity index (χ4v) is 4.40. The lowest BCUT2D eigenvalue weighted by Crippen LogP contribution is -2.50. The number of rotatable bonds is 3. The van der Waals surface area contributed by atoms with Gasteiger partial charge in [-0.15, -0.1) is 0 Å². The zero-order valence-corrected chi connectivity index (χ0v) is 11.1. The molecule has 0 aliphatic heterocycles. The van der Waals surface area contributed by atoms with Crippen molar-refractivity contribution < 1.29 is 0 Å². The Morgan fingerprint density at radius 2 is 2.29 bits per heavy atom. The third kappa shape index (κ3) is 1.63. The number of aromatic nitrogens is 2. The highest BCUT2D eigenvalue weighted by molar-refractivity contribution is 5.12. The number of nitrogens with zero attached hydrogens (tertiary/aromatic N) is 1. The van der Waals surface area contributed by atoms with E-state index in [1.807, 2.05) is 12.4 Å². The van der Waals surface area contributed by atoms with Crippen LogP contribution in [-0.4, -0.2) is 16.0 Å². The average molecular weight is 233 g/mol. The van der Waals surface area contributed by atoms with E-state index in [-0.39, 0.29) is 0 Å². The molecule has 1 aromatic heterocycles. The Morgan fingerprint density at radius 1 is 1.47 bits per heavy atom. The molecule has 0 radical (unpaired) electrons. The third-order valence-electron chi connectivity index (χ3n) is 5.30. The van der Waals surface area contributed by atoms with E-state index in [0.717, 1.165) is 18.3 Å². The van der Waals surface area contributed by atoms with Gasteiger partial charge in [-0.3, -0.25) is 0 Å². The van der Waals surface area contributed by atoms with Gasteiger partial charge in [0.1, 0.15) is 5.82 Å². The first-order valence-corrected chi connectivity index (χ1v) is 6.74. The largest absolute Gasteiger partial charge is 0.348 e. The summed E-state index contributed by atoms with van der Waals surface area (Å²) in [7, 11) is 0. The zero-order chi connectivity index (χ0) is 12.1. The molecule has 3 unspecified atom stereocenters. The minimum Gasteiger partial charge on any atom is -0.348 e. The molecule has 3 nitrogen and oxygen atoms in total. The molecule has 3 rings (SSSR count). The van der Waals surface area contributed by atoms with Gasteiger partial charge >= 0.3 is 0 Å². The molecule has 3 heteroatoms. The molecule has 0 saturated heterocycles. The highest BCUT2D eigenvalue weighted by Gasteiger charge is 2.58. The van der Waals surface area contributed by atoms with E-state index in [0.29, 0.717) is 16.9 Å². The van der Waals surface area contributed by atoms with E-state index in [1.54, 1.807) is 0 Å². The van der Waals surface area contributed by atoms with Crippen molar-refractivity contribution in [3.8, 4) is 0 Å². The summed E-state index contributed by atoms with van der Waals surface area (Å²) in [6.45, 7) is 8.19. The molecular weight excluding hydrogens is 210 g/mol. The number of hydrogen-bond acceptors (Lipinski definition) is 2. The zero-order valence-electron chi connectivity index (χ0n) is 11.1. The number of imidazole rings is 1. The SMILES string of the molecule is CC12CCC(C1)C(C)(C)C2NCc1ncc[nH]1. The molecule has 1 heterocycles. The Labute approximate surface area is 103 Å². The number of H-pyrrole nitrogens is 1. The second-order valence-electron chi connectivity index (χ2n) is 6.76. The molecule has 0 spiro atoms. The molecule has 0 amide bonds. The minimum absolute atomic E-state index is 0.430. The Morgan fingerprint density at radius 3 is 2.88 bits per heavy atom. The summed E-state index contributed by atoms with van der Waals surface area (Å²) in [6.07, 6.45) is 7.92. The molecule has 2 saturated carbocycles. The van der Waals surface area contributed by atoms with Gasteiger partial charge in [-0.25, -0.2) is 4.98 Å². The van der Waals surface area contributed by atoms with E-state index in [4.69, 9.17) is 0 Å². The van der Waals surface area contributed by atoms with Crippen molar-refractivity contribution >= 4 is 0 Å². The summed E-state index contributed by atoms with van der Waals surface area (Å²) in [6, 6.07) is 0.624. The predicted molar refractivity (Wildman–Crippen MR) is 68.4 cm³/mol. The molecule has 2 N–H and O–H groups in total. The summed E-state index contributed by atoms with van der Waals surface area (Å²) in [4.78, 5) is 7.46.